The lowest BCUT2D eigenvalue weighted by Crippen LogP contribution is -2.36. The van der Waals surface area contributed by atoms with E-state index in [1.54, 1.807) is 0 Å². The lowest BCUT2D eigenvalue weighted by molar-refractivity contribution is -0.284. The van der Waals surface area contributed by atoms with Crippen LogP contribution in [0.1, 0.15) is 26.2 Å². The Hall–Kier alpha value is -0.0400. The molecule has 0 spiro atoms. The van der Waals surface area contributed by atoms with E-state index < -0.39 is 18.5 Å². The van der Waals surface area contributed by atoms with E-state index in [-0.39, 0.29) is 12.5 Å². The van der Waals surface area contributed by atoms with Gasteiger partial charge in [0.15, 0.2) is 0 Å². The Morgan fingerprint density at radius 2 is 1.69 bits per heavy atom. The van der Waals surface area contributed by atoms with Crippen molar-refractivity contribution >= 4 is 11.8 Å². The van der Waals surface area contributed by atoms with Crippen molar-refractivity contribution in [3.8, 4) is 0 Å². The Bertz CT molecular complexity index is 193. The van der Waals surface area contributed by atoms with Crippen LogP contribution in [-0.4, -0.2) is 29.6 Å². The highest BCUT2D eigenvalue weighted by Crippen LogP contribution is 2.38. The lowest BCUT2D eigenvalue weighted by Gasteiger charge is -2.19. The average molecular weight is 265 g/mol. The highest BCUT2D eigenvalue weighted by molar-refractivity contribution is 7.99. The fraction of sp³-hybridized carbons (Fsp3) is 1.00. The zero-order valence-electron chi connectivity index (χ0n) is 8.99. The summed E-state index contributed by atoms with van der Waals surface area (Å²) in [6.45, 7) is 1.82. The molecule has 0 rings (SSSR count). The highest BCUT2D eigenvalue weighted by atomic mass is 32.2. The van der Waals surface area contributed by atoms with Crippen molar-refractivity contribution in [2.75, 3.05) is 11.5 Å². The molecule has 1 unspecified atom stereocenters. The third-order valence-corrected chi connectivity index (χ3v) is 3.01. The number of hydrogen-bond donors (Lipinski definition) is 1. The van der Waals surface area contributed by atoms with E-state index in [0.29, 0.717) is 11.5 Å². The maximum absolute atomic E-state index is 12.4. The minimum absolute atomic E-state index is 0.0316. The van der Waals surface area contributed by atoms with Crippen molar-refractivity contribution in [3.63, 3.8) is 0 Å². The molecule has 0 bridgehead atoms. The van der Waals surface area contributed by atoms with Gasteiger partial charge in [0.1, 0.15) is 0 Å². The summed E-state index contributed by atoms with van der Waals surface area (Å²) in [6.07, 6.45) is -5.97. The van der Waals surface area contributed by atoms with E-state index in [4.69, 9.17) is 5.73 Å². The van der Waals surface area contributed by atoms with Crippen LogP contribution in [0.3, 0.4) is 0 Å². The van der Waals surface area contributed by atoms with Gasteiger partial charge in [-0.15, -0.1) is 0 Å². The molecule has 0 amide bonds. The zero-order chi connectivity index (χ0) is 12.8. The first-order valence-electron chi connectivity index (χ1n) is 4.94. The summed E-state index contributed by atoms with van der Waals surface area (Å²) in [5.41, 5.74) is 5.45. The summed E-state index contributed by atoms with van der Waals surface area (Å²) in [5, 5.41) is 0. The third kappa shape index (κ3) is 6.52. The number of rotatable bonds is 7. The van der Waals surface area contributed by atoms with Gasteiger partial charge in [0.2, 0.25) is 0 Å². The zero-order valence-corrected chi connectivity index (χ0v) is 9.80. The van der Waals surface area contributed by atoms with Gasteiger partial charge in [-0.3, -0.25) is 0 Å². The second kappa shape index (κ2) is 6.64. The molecule has 0 saturated heterocycles. The van der Waals surface area contributed by atoms with Crippen LogP contribution in [0.15, 0.2) is 0 Å². The topological polar surface area (TPSA) is 26.0 Å². The van der Waals surface area contributed by atoms with Gasteiger partial charge in [-0.25, -0.2) is 0 Å². The second-order valence-corrected chi connectivity index (χ2v) is 4.91. The largest absolute Gasteiger partial charge is 0.453 e. The molecule has 0 heterocycles. The fourth-order valence-corrected chi connectivity index (χ4v) is 2.00. The van der Waals surface area contributed by atoms with Gasteiger partial charge in [-0.2, -0.15) is 33.7 Å². The molecule has 0 fully saturated rings. The molecular weight excluding hydrogens is 249 g/mol. The van der Waals surface area contributed by atoms with E-state index in [9.17, 15) is 22.0 Å². The van der Waals surface area contributed by atoms with Gasteiger partial charge in [0, 0.05) is 12.5 Å². The van der Waals surface area contributed by atoms with Crippen LogP contribution in [0.2, 0.25) is 0 Å². The molecule has 16 heavy (non-hydrogen) atoms. The molecule has 98 valence electrons. The first kappa shape index (κ1) is 16.0. The Labute approximate surface area is 95.9 Å². The van der Waals surface area contributed by atoms with Crippen molar-refractivity contribution in [1.82, 2.24) is 0 Å². The number of alkyl halides is 5. The van der Waals surface area contributed by atoms with Crippen molar-refractivity contribution in [3.05, 3.63) is 0 Å². The van der Waals surface area contributed by atoms with Crippen LogP contribution in [0.4, 0.5) is 22.0 Å². The van der Waals surface area contributed by atoms with Crippen molar-refractivity contribution in [2.24, 2.45) is 5.73 Å². The fourth-order valence-electron chi connectivity index (χ4n) is 0.909. The molecule has 0 aliphatic heterocycles. The van der Waals surface area contributed by atoms with Crippen LogP contribution in [0, 0.1) is 0 Å². The van der Waals surface area contributed by atoms with Gasteiger partial charge < -0.3 is 5.73 Å². The summed E-state index contributed by atoms with van der Waals surface area (Å²) in [7, 11) is 0. The van der Waals surface area contributed by atoms with Crippen molar-refractivity contribution in [2.45, 2.75) is 44.3 Å². The van der Waals surface area contributed by atoms with Crippen LogP contribution >= 0.6 is 11.8 Å². The maximum Gasteiger partial charge on any atom is 0.453 e. The first-order valence-corrected chi connectivity index (χ1v) is 6.10. The predicted molar refractivity (Wildman–Crippen MR) is 55.8 cm³/mol. The van der Waals surface area contributed by atoms with Crippen LogP contribution in [-0.2, 0) is 0 Å². The van der Waals surface area contributed by atoms with Crippen molar-refractivity contribution < 1.29 is 22.0 Å². The second-order valence-electron chi connectivity index (χ2n) is 3.68. The molecule has 0 aliphatic carbocycles. The van der Waals surface area contributed by atoms with E-state index >= 15 is 0 Å². The van der Waals surface area contributed by atoms with Gasteiger partial charge >= 0.3 is 12.1 Å². The molecule has 0 radical (unpaired) electrons. The maximum atomic E-state index is 12.4. The van der Waals surface area contributed by atoms with E-state index in [0.717, 1.165) is 6.42 Å². The highest BCUT2D eigenvalue weighted by Gasteiger charge is 2.56. The predicted octanol–water partition coefficient (Wildman–Crippen LogP) is 3.43. The monoisotopic (exact) mass is 265 g/mol. The molecular formula is C9H16F5NS. The minimum Gasteiger partial charge on any atom is -0.328 e. The van der Waals surface area contributed by atoms with Crippen molar-refractivity contribution in [1.29, 1.82) is 0 Å². The molecule has 0 aliphatic rings. The summed E-state index contributed by atoms with van der Waals surface area (Å²) in [6, 6.07) is 0.0316. The Morgan fingerprint density at radius 1 is 1.12 bits per heavy atom. The van der Waals surface area contributed by atoms with E-state index in [1.807, 2.05) is 6.92 Å². The molecule has 0 saturated carbocycles. The molecule has 7 heteroatoms. The minimum atomic E-state index is -5.43. The summed E-state index contributed by atoms with van der Waals surface area (Å²) in [5.74, 6) is -3.57. The number of hydrogen-bond acceptors (Lipinski definition) is 2. The van der Waals surface area contributed by atoms with Gasteiger partial charge in [0.25, 0.3) is 0 Å². The van der Waals surface area contributed by atoms with Gasteiger partial charge in [-0.05, 0) is 31.3 Å². The molecule has 1 nitrogen and oxygen atoms in total. The Morgan fingerprint density at radius 3 is 2.12 bits per heavy atom. The molecule has 0 aromatic carbocycles. The quantitative estimate of drug-likeness (QED) is 0.563. The SMILES string of the molecule is CC(N)CCSCCCC(F)(F)C(F)(F)F. The summed E-state index contributed by atoms with van der Waals surface area (Å²) in [4.78, 5) is 0. The standard InChI is InChI=1S/C9H16F5NS/c1-7(15)3-6-16-5-2-4-8(10,11)9(12,13)14/h7H,2-6,15H2,1H3. The van der Waals surface area contributed by atoms with Crippen LogP contribution in [0.25, 0.3) is 0 Å². The molecule has 0 aromatic heterocycles. The number of halogens is 5. The third-order valence-electron chi connectivity index (χ3n) is 1.91. The Balaban J connectivity index is 3.59. The first-order chi connectivity index (χ1) is 7.17. The smallest absolute Gasteiger partial charge is 0.328 e. The number of nitrogens with two attached hydrogens (primary N) is 1. The number of thioether (sulfide) groups is 1. The van der Waals surface area contributed by atoms with E-state index in [2.05, 4.69) is 0 Å². The molecule has 1 atom stereocenters. The normalized spacial score (nSPS) is 15.2. The Kier molecular flexibility index (Phi) is 6.62. The molecule has 0 aromatic rings. The van der Waals surface area contributed by atoms with Gasteiger partial charge in [-0.1, -0.05) is 0 Å². The average Bonchev–Trinajstić information content (AvgIpc) is 2.08. The van der Waals surface area contributed by atoms with Gasteiger partial charge in [0.05, 0.1) is 0 Å². The summed E-state index contributed by atoms with van der Waals surface area (Å²) < 4.78 is 60.1. The lowest BCUT2D eigenvalue weighted by atomic mass is 10.2. The van der Waals surface area contributed by atoms with Crippen LogP contribution < -0.4 is 5.73 Å². The van der Waals surface area contributed by atoms with Crippen LogP contribution in [0.5, 0.6) is 0 Å². The summed E-state index contributed by atoms with van der Waals surface area (Å²) >= 11 is 1.35. The van der Waals surface area contributed by atoms with E-state index in [1.165, 1.54) is 11.8 Å². The molecule has 2 N–H and O–H groups in total.